The normalized spacial score (nSPS) is 10.6. The van der Waals surface area contributed by atoms with Gasteiger partial charge in [-0.3, -0.25) is 0 Å². The zero-order chi connectivity index (χ0) is 13.2. The maximum absolute atomic E-state index is 6.09. The predicted octanol–water partition coefficient (Wildman–Crippen LogP) is 3.16. The van der Waals surface area contributed by atoms with E-state index in [9.17, 15) is 0 Å². The minimum atomic E-state index is 0.370. The molecule has 0 unspecified atom stereocenters. The quantitative estimate of drug-likeness (QED) is 0.717. The van der Waals surface area contributed by atoms with E-state index < -0.39 is 0 Å². The summed E-state index contributed by atoms with van der Waals surface area (Å²) in [6.07, 6.45) is 3.29. The number of halogens is 1. The van der Waals surface area contributed by atoms with E-state index in [1.165, 1.54) is 0 Å². The summed E-state index contributed by atoms with van der Waals surface area (Å²) in [6, 6.07) is 7.33. The molecule has 0 aliphatic rings. The Labute approximate surface area is 114 Å². The molecule has 3 aromatic rings. The van der Waals surface area contributed by atoms with E-state index in [-0.39, 0.29) is 0 Å². The van der Waals surface area contributed by atoms with Gasteiger partial charge >= 0.3 is 0 Å². The highest BCUT2D eigenvalue weighted by molar-refractivity contribution is 6.33. The van der Waals surface area contributed by atoms with Gasteiger partial charge in [0.05, 0.1) is 10.6 Å². The summed E-state index contributed by atoms with van der Waals surface area (Å²) >= 11 is 6.09. The van der Waals surface area contributed by atoms with Gasteiger partial charge in [0, 0.05) is 18.0 Å². The monoisotopic (exact) mass is 272 g/mol. The fourth-order valence-electron chi connectivity index (χ4n) is 1.60. The van der Waals surface area contributed by atoms with Crippen LogP contribution in [0.15, 0.2) is 41.2 Å². The molecule has 0 saturated carbocycles. The number of benzene rings is 1. The zero-order valence-corrected chi connectivity index (χ0v) is 10.8. The average Bonchev–Trinajstić information content (AvgIpc) is 2.89. The second-order valence-corrected chi connectivity index (χ2v) is 4.33. The van der Waals surface area contributed by atoms with Gasteiger partial charge in [-0.2, -0.15) is 4.98 Å². The minimum Gasteiger partial charge on any atom is -0.333 e. The van der Waals surface area contributed by atoms with Crippen molar-refractivity contribution in [2.45, 2.75) is 6.92 Å². The SMILES string of the molecule is Cc1ncc(-c2nc(-c3ccccc3Cl)no2)cn1. The molecule has 0 amide bonds. The number of aromatic nitrogens is 4. The zero-order valence-electron chi connectivity index (χ0n) is 10.0. The van der Waals surface area contributed by atoms with Crippen LogP contribution in [-0.4, -0.2) is 20.1 Å². The van der Waals surface area contributed by atoms with E-state index in [0.717, 1.165) is 5.56 Å². The molecule has 3 rings (SSSR count). The van der Waals surface area contributed by atoms with Crippen molar-refractivity contribution in [2.24, 2.45) is 0 Å². The largest absolute Gasteiger partial charge is 0.333 e. The Kier molecular flexibility index (Phi) is 2.97. The molecule has 0 aliphatic heterocycles. The molecular formula is C13H9ClN4O. The molecule has 0 atom stereocenters. The van der Waals surface area contributed by atoms with Gasteiger partial charge in [0.25, 0.3) is 5.89 Å². The summed E-state index contributed by atoms with van der Waals surface area (Å²) in [5.41, 5.74) is 1.41. The Morgan fingerprint density at radius 2 is 1.84 bits per heavy atom. The first-order valence-corrected chi connectivity index (χ1v) is 5.99. The molecule has 0 fully saturated rings. The van der Waals surface area contributed by atoms with E-state index in [1.807, 2.05) is 25.1 Å². The Balaban J connectivity index is 2.00. The van der Waals surface area contributed by atoms with Crippen molar-refractivity contribution < 1.29 is 4.52 Å². The van der Waals surface area contributed by atoms with E-state index in [2.05, 4.69) is 20.1 Å². The average molecular weight is 273 g/mol. The number of nitrogens with zero attached hydrogens (tertiary/aromatic N) is 4. The first-order chi connectivity index (χ1) is 9.24. The van der Waals surface area contributed by atoms with Gasteiger partial charge in [0.15, 0.2) is 0 Å². The summed E-state index contributed by atoms with van der Waals surface area (Å²) < 4.78 is 5.20. The van der Waals surface area contributed by atoms with Crippen molar-refractivity contribution in [3.05, 3.63) is 47.5 Å². The molecule has 94 valence electrons. The van der Waals surface area contributed by atoms with Crippen molar-refractivity contribution in [1.82, 2.24) is 20.1 Å². The van der Waals surface area contributed by atoms with Gasteiger partial charge in [-0.1, -0.05) is 28.9 Å². The third-order valence-corrected chi connectivity index (χ3v) is 2.90. The molecule has 0 spiro atoms. The van der Waals surface area contributed by atoms with Gasteiger partial charge in [0.1, 0.15) is 5.82 Å². The highest BCUT2D eigenvalue weighted by atomic mass is 35.5. The van der Waals surface area contributed by atoms with Crippen molar-refractivity contribution in [3.63, 3.8) is 0 Å². The van der Waals surface area contributed by atoms with Crippen LogP contribution in [-0.2, 0) is 0 Å². The van der Waals surface area contributed by atoms with Crippen molar-refractivity contribution in [1.29, 1.82) is 0 Å². The van der Waals surface area contributed by atoms with Crippen LogP contribution < -0.4 is 0 Å². The molecule has 0 saturated heterocycles. The summed E-state index contributed by atoms with van der Waals surface area (Å²) in [5.74, 6) is 1.51. The molecular weight excluding hydrogens is 264 g/mol. The van der Waals surface area contributed by atoms with Gasteiger partial charge in [-0.25, -0.2) is 9.97 Å². The fourth-order valence-corrected chi connectivity index (χ4v) is 1.82. The van der Waals surface area contributed by atoms with E-state index >= 15 is 0 Å². The van der Waals surface area contributed by atoms with Crippen LogP contribution in [0.3, 0.4) is 0 Å². The number of aryl methyl sites for hydroxylation is 1. The summed E-state index contributed by atoms with van der Waals surface area (Å²) in [7, 11) is 0. The topological polar surface area (TPSA) is 64.7 Å². The second-order valence-electron chi connectivity index (χ2n) is 3.92. The summed E-state index contributed by atoms with van der Waals surface area (Å²) in [4.78, 5) is 12.5. The molecule has 5 nitrogen and oxygen atoms in total. The molecule has 6 heteroatoms. The lowest BCUT2D eigenvalue weighted by Crippen LogP contribution is -1.88. The van der Waals surface area contributed by atoms with Crippen molar-refractivity contribution in [2.75, 3.05) is 0 Å². The maximum Gasteiger partial charge on any atom is 0.261 e. The molecule has 0 aliphatic carbocycles. The number of rotatable bonds is 2. The lowest BCUT2D eigenvalue weighted by Gasteiger charge is -1.96. The Morgan fingerprint density at radius 1 is 1.11 bits per heavy atom. The Bertz CT molecular complexity index is 709. The smallest absolute Gasteiger partial charge is 0.261 e. The third-order valence-electron chi connectivity index (χ3n) is 2.57. The summed E-state index contributed by atoms with van der Waals surface area (Å²) in [5, 5.41) is 4.50. The standard InChI is InChI=1S/C13H9ClN4O/c1-8-15-6-9(7-16-8)13-17-12(18-19-13)10-4-2-3-5-11(10)14/h2-7H,1H3. The van der Waals surface area contributed by atoms with E-state index in [4.69, 9.17) is 16.1 Å². The lowest BCUT2D eigenvalue weighted by atomic mass is 10.2. The fraction of sp³-hybridized carbons (Fsp3) is 0.0769. The van der Waals surface area contributed by atoms with E-state index in [1.54, 1.807) is 18.5 Å². The van der Waals surface area contributed by atoms with Crippen LogP contribution >= 0.6 is 11.6 Å². The van der Waals surface area contributed by atoms with Crippen LogP contribution in [0.2, 0.25) is 5.02 Å². The molecule has 0 N–H and O–H groups in total. The maximum atomic E-state index is 6.09. The van der Waals surface area contributed by atoms with Gasteiger partial charge in [-0.05, 0) is 19.1 Å². The molecule has 19 heavy (non-hydrogen) atoms. The first kappa shape index (κ1) is 11.8. The summed E-state index contributed by atoms with van der Waals surface area (Å²) in [6.45, 7) is 1.81. The second kappa shape index (κ2) is 4.78. The van der Waals surface area contributed by atoms with Crippen LogP contribution in [0.4, 0.5) is 0 Å². The Morgan fingerprint density at radius 3 is 2.58 bits per heavy atom. The third kappa shape index (κ3) is 2.32. The first-order valence-electron chi connectivity index (χ1n) is 5.61. The Hall–Kier alpha value is -2.27. The molecule has 0 bridgehead atoms. The van der Waals surface area contributed by atoms with Crippen LogP contribution in [0, 0.1) is 6.92 Å². The molecule has 2 heterocycles. The van der Waals surface area contributed by atoms with Crippen LogP contribution in [0.5, 0.6) is 0 Å². The minimum absolute atomic E-state index is 0.370. The van der Waals surface area contributed by atoms with Crippen molar-refractivity contribution >= 4 is 11.6 Å². The van der Waals surface area contributed by atoms with E-state index in [0.29, 0.717) is 28.1 Å². The van der Waals surface area contributed by atoms with Crippen molar-refractivity contribution in [3.8, 4) is 22.8 Å². The van der Waals surface area contributed by atoms with Gasteiger partial charge in [0.2, 0.25) is 5.82 Å². The predicted molar refractivity (Wildman–Crippen MR) is 70.5 cm³/mol. The van der Waals surface area contributed by atoms with Gasteiger partial charge in [-0.15, -0.1) is 0 Å². The molecule has 2 aromatic heterocycles. The highest BCUT2D eigenvalue weighted by Gasteiger charge is 2.13. The highest BCUT2D eigenvalue weighted by Crippen LogP contribution is 2.26. The number of hydrogen-bond donors (Lipinski definition) is 0. The molecule has 1 aromatic carbocycles. The van der Waals surface area contributed by atoms with Crippen LogP contribution in [0.1, 0.15) is 5.82 Å². The number of hydrogen-bond acceptors (Lipinski definition) is 5. The lowest BCUT2D eigenvalue weighted by molar-refractivity contribution is 0.432. The van der Waals surface area contributed by atoms with Gasteiger partial charge < -0.3 is 4.52 Å². The van der Waals surface area contributed by atoms with Crippen LogP contribution in [0.25, 0.3) is 22.8 Å². The molecule has 0 radical (unpaired) electrons.